The fourth-order valence-corrected chi connectivity index (χ4v) is 3.52. The lowest BCUT2D eigenvalue weighted by molar-refractivity contribution is 0.0697. The van der Waals surface area contributed by atoms with Crippen LogP contribution in [0.25, 0.3) is 0 Å². The number of ether oxygens (including phenoxy) is 1. The average Bonchev–Trinajstić information content (AvgIpc) is 2.49. The van der Waals surface area contributed by atoms with Crippen molar-refractivity contribution in [2.75, 3.05) is 5.32 Å². The Hall–Kier alpha value is -1.30. The van der Waals surface area contributed by atoms with E-state index in [-0.39, 0.29) is 11.6 Å². The summed E-state index contributed by atoms with van der Waals surface area (Å²) in [6.45, 7) is 4.15. The van der Waals surface area contributed by atoms with Crippen LogP contribution in [0.1, 0.15) is 31.9 Å². The molecule has 24 heavy (non-hydrogen) atoms. The van der Waals surface area contributed by atoms with Gasteiger partial charge in [0.25, 0.3) is 0 Å². The van der Waals surface area contributed by atoms with Gasteiger partial charge in [0.05, 0.1) is 6.04 Å². The van der Waals surface area contributed by atoms with Gasteiger partial charge in [0, 0.05) is 27.2 Å². The molecule has 1 aliphatic rings. The summed E-state index contributed by atoms with van der Waals surface area (Å²) < 4.78 is 7.08. The first-order valence-corrected chi connectivity index (χ1v) is 9.22. The lowest BCUT2D eigenvalue weighted by Gasteiger charge is -2.38. The van der Waals surface area contributed by atoms with Crippen LogP contribution in [-0.2, 0) is 0 Å². The SMILES string of the molecule is CC1(C)CC(NC(=S)Nc2ccc(Br)cc2)c2cc(Cl)ccc2O1. The van der Waals surface area contributed by atoms with E-state index in [0.717, 1.165) is 27.9 Å². The molecule has 0 aliphatic carbocycles. The fraction of sp³-hybridized carbons (Fsp3) is 0.278. The van der Waals surface area contributed by atoms with Crippen molar-refractivity contribution in [1.82, 2.24) is 5.32 Å². The normalized spacial score (nSPS) is 18.2. The highest BCUT2D eigenvalue weighted by Gasteiger charge is 2.34. The summed E-state index contributed by atoms with van der Waals surface area (Å²) in [4.78, 5) is 0. The predicted octanol–water partition coefficient (Wildman–Crippen LogP) is 5.69. The third kappa shape index (κ3) is 4.21. The summed E-state index contributed by atoms with van der Waals surface area (Å²) in [6.07, 6.45) is 0.794. The number of halogens is 2. The van der Waals surface area contributed by atoms with Crippen LogP contribution in [0.2, 0.25) is 5.02 Å². The standard InChI is InChI=1S/C18H18BrClN2OS/c1-18(2)10-15(14-9-12(20)5-8-16(14)23-18)22-17(24)21-13-6-3-11(19)4-7-13/h3-9,15H,10H2,1-2H3,(H2,21,22,24). The van der Waals surface area contributed by atoms with Gasteiger partial charge >= 0.3 is 0 Å². The lowest BCUT2D eigenvalue weighted by Crippen LogP contribution is -2.42. The fourth-order valence-electron chi connectivity index (χ4n) is 2.81. The van der Waals surface area contributed by atoms with Crippen LogP contribution in [0.4, 0.5) is 5.69 Å². The maximum Gasteiger partial charge on any atom is 0.171 e. The Morgan fingerprint density at radius 1 is 1.25 bits per heavy atom. The van der Waals surface area contributed by atoms with Crippen molar-refractivity contribution in [1.29, 1.82) is 0 Å². The van der Waals surface area contributed by atoms with Crippen molar-refractivity contribution in [3.63, 3.8) is 0 Å². The summed E-state index contributed by atoms with van der Waals surface area (Å²) in [6, 6.07) is 13.6. The number of thiocarbonyl (C=S) groups is 1. The molecule has 0 aromatic heterocycles. The highest BCUT2D eigenvalue weighted by Crippen LogP contribution is 2.40. The Labute approximate surface area is 160 Å². The number of rotatable bonds is 2. The monoisotopic (exact) mass is 424 g/mol. The van der Waals surface area contributed by atoms with E-state index in [2.05, 4.69) is 40.4 Å². The van der Waals surface area contributed by atoms with Crippen LogP contribution in [0, 0.1) is 0 Å². The summed E-state index contributed by atoms with van der Waals surface area (Å²) in [7, 11) is 0. The van der Waals surface area contributed by atoms with Gasteiger partial charge in [-0.1, -0.05) is 27.5 Å². The van der Waals surface area contributed by atoms with Crippen LogP contribution < -0.4 is 15.4 Å². The van der Waals surface area contributed by atoms with Crippen molar-refractivity contribution in [3.05, 3.63) is 57.5 Å². The van der Waals surface area contributed by atoms with Crippen LogP contribution in [0.15, 0.2) is 46.9 Å². The summed E-state index contributed by atoms with van der Waals surface area (Å²) in [5.74, 6) is 0.847. The van der Waals surface area contributed by atoms with Crippen LogP contribution in [0.3, 0.4) is 0 Å². The molecule has 1 aliphatic heterocycles. The molecule has 0 amide bonds. The van der Waals surface area contributed by atoms with Crippen LogP contribution in [0.5, 0.6) is 5.75 Å². The predicted molar refractivity (Wildman–Crippen MR) is 107 cm³/mol. The topological polar surface area (TPSA) is 33.3 Å². The Morgan fingerprint density at radius 3 is 2.67 bits per heavy atom. The maximum atomic E-state index is 6.16. The molecule has 0 saturated carbocycles. The van der Waals surface area contributed by atoms with Gasteiger partial charge in [-0.05, 0) is 68.5 Å². The van der Waals surface area contributed by atoms with E-state index in [4.69, 9.17) is 28.6 Å². The van der Waals surface area contributed by atoms with Gasteiger partial charge in [-0.3, -0.25) is 0 Å². The molecule has 6 heteroatoms. The molecule has 1 unspecified atom stereocenters. The molecular weight excluding hydrogens is 408 g/mol. The Morgan fingerprint density at radius 2 is 1.96 bits per heavy atom. The first-order chi connectivity index (χ1) is 11.3. The van der Waals surface area contributed by atoms with Gasteiger partial charge in [-0.15, -0.1) is 0 Å². The van der Waals surface area contributed by atoms with E-state index in [1.165, 1.54) is 0 Å². The average molecular weight is 426 g/mol. The summed E-state index contributed by atoms with van der Waals surface area (Å²) in [5, 5.41) is 7.87. The molecule has 0 saturated heterocycles. The molecule has 2 N–H and O–H groups in total. The number of hydrogen-bond donors (Lipinski definition) is 2. The Kier molecular flexibility index (Phi) is 5.04. The van der Waals surface area contributed by atoms with Crippen molar-refractivity contribution >= 4 is 50.5 Å². The molecule has 1 heterocycles. The Bertz CT molecular complexity index is 764. The van der Waals surface area contributed by atoms with Crippen molar-refractivity contribution in [3.8, 4) is 5.75 Å². The molecule has 0 spiro atoms. The smallest absolute Gasteiger partial charge is 0.171 e. The molecule has 3 rings (SSSR count). The van der Waals surface area contributed by atoms with Crippen LogP contribution in [-0.4, -0.2) is 10.7 Å². The number of fused-ring (bicyclic) bond motifs is 1. The third-order valence-electron chi connectivity index (χ3n) is 3.84. The van der Waals surface area contributed by atoms with Gasteiger partial charge in [0.15, 0.2) is 5.11 Å². The second-order valence-corrected chi connectivity index (χ2v) is 8.17. The molecule has 0 bridgehead atoms. The van der Waals surface area contributed by atoms with Crippen molar-refractivity contribution < 1.29 is 4.74 Å². The molecule has 0 radical (unpaired) electrons. The van der Waals surface area contributed by atoms with Crippen molar-refractivity contribution in [2.45, 2.75) is 31.9 Å². The zero-order valence-electron chi connectivity index (χ0n) is 13.4. The summed E-state index contributed by atoms with van der Waals surface area (Å²) in [5.41, 5.74) is 1.70. The summed E-state index contributed by atoms with van der Waals surface area (Å²) >= 11 is 15.1. The van der Waals surface area contributed by atoms with E-state index in [9.17, 15) is 0 Å². The number of benzene rings is 2. The van der Waals surface area contributed by atoms with E-state index in [1.54, 1.807) is 0 Å². The highest BCUT2D eigenvalue weighted by molar-refractivity contribution is 9.10. The lowest BCUT2D eigenvalue weighted by atomic mass is 9.90. The maximum absolute atomic E-state index is 6.16. The minimum absolute atomic E-state index is 0.0397. The molecule has 2 aromatic carbocycles. The molecule has 3 nitrogen and oxygen atoms in total. The van der Waals surface area contributed by atoms with Gasteiger partial charge in [0.1, 0.15) is 11.4 Å². The third-order valence-corrected chi connectivity index (χ3v) is 4.82. The molecule has 1 atom stereocenters. The number of hydrogen-bond acceptors (Lipinski definition) is 2. The van der Waals surface area contributed by atoms with E-state index >= 15 is 0 Å². The van der Waals surface area contributed by atoms with Gasteiger partial charge < -0.3 is 15.4 Å². The van der Waals surface area contributed by atoms with E-state index < -0.39 is 0 Å². The Balaban J connectivity index is 1.77. The molecule has 0 fully saturated rings. The minimum atomic E-state index is -0.272. The number of anilines is 1. The van der Waals surface area contributed by atoms with Gasteiger partial charge in [0.2, 0.25) is 0 Å². The highest BCUT2D eigenvalue weighted by atomic mass is 79.9. The molecule has 126 valence electrons. The second kappa shape index (κ2) is 6.90. The minimum Gasteiger partial charge on any atom is -0.487 e. The first kappa shape index (κ1) is 17.5. The van der Waals surface area contributed by atoms with Crippen molar-refractivity contribution in [2.24, 2.45) is 0 Å². The largest absolute Gasteiger partial charge is 0.487 e. The molecular formula is C18H18BrClN2OS. The van der Waals surface area contributed by atoms with Crippen LogP contribution >= 0.6 is 39.7 Å². The second-order valence-electron chi connectivity index (χ2n) is 6.41. The van der Waals surface area contributed by atoms with E-state index in [1.807, 2.05) is 42.5 Å². The molecule has 2 aromatic rings. The van der Waals surface area contributed by atoms with Gasteiger partial charge in [-0.25, -0.2) is 0 Å². The zero-order chi connectivity index (χ0) is 17.3. The zero-order valence-corrected chi connectivity index (χ0v) is 16.6. The van der Waals surface area contributed by atoms with Gasteiger partial charge in [-0.2, -0.15) is 0 Å². The number of nitrogens with one attached hydrogen (secondary N) is 2. The first-order valence-electron chi connectivity index (χ1n) is 7.64. The van der Waals surface area contributed by atoms with E-state index in [0.29, 0.717) is 10.1 Å². The quantitative estimate of drug-likeness (QED) is 0.605.